The van der Waals surface area contributed by atoms with E-state index in [1.54, 1.807) is 0 Å². The van der Waals surface area contributed by atoms with E-state index in [1.165, 1.54) is 4.90 Å². The Balaban J connectivity index is 2.29. The van der Waals surface area contributed by atoms with Crippen LogP contribution in [0.2, 0.25) is 0 Å². The van der Waals surface area contributed by atoms with Crippen molar-refractivity contribution in [2.24, 2.45) is 5.92 Å². The van der Waals surface area contributed by atoms with E-state index < -0.39 is 11.6 Å². The Hall–Kier alpha value is -1.75. The van der Waals surface area contributed by atoms with Gasteiger partial charge in [-0.05, 0) is 50.8 Å². The summed E-state index contributed by atoms with van der Waals surface area (Å²) in [6.45, 7) is 10.4. The zero-order valence-corrected chi connectivity index (χ0v) is 16.4. The first kappa shape index (κ1) is 19.6. The Morgan fingerprint density at radius 1 is 1.36 bits per heavy atom. The lowest BCUT2D eigenvalue weighted by Gasteiger charge is -2.33. The minimum atomic E-state index is -0.919. The Morgan fingerprint density at radius 3 is 2.56 bits per heavy atom. The Bertz CT molecular complexity index is 734. The lowest BCUT2D eigenvalue weighted by Crippen LogP contribution is -2.44. The SMILES string of the molecule is CC(C)CC(CCl)c1nc2ccc(CN(C(=O)O)C(C)(C)C)cc2[nH]1. The number of carbonyl (C=O) groups is 1. The van der Waals surface area contributed by atoms with Crippen LogP contribution in [0.15, 0.2) is 18.2 Å². The molecule has 2 N–H and O–H groups in total. The highest BCUT2D eigenvalue weighted by atomic mass is 35.5. The summed E-state index contributed by atoms with van der Waals surface area (Å²) in [5.41, 5.74) is 2.29. The van der Waals surface area contributed by atoms with Gasteiger partial charge in [-0.3, -0.25) is 4.90 Å². The van der Waals surface area contributed by atoms with Crippen molar-refractivity contribution >= 4 is 28.7 Å². The largest absolute Gasteiger partial charge is 0.465 e. The number of aromatic nitrogens is 2. The fourth-order valence-corrected chi connectivity index (χ4v) is 3.23. The molecule has 0 saturated carbocycles. The van der Waals surface area contributed by atoms with E-state index in [0.29, 0.717) is 18.3 Å². The standard InChI is InChI=1S/C19H28ClN3O2/c1-12(2)8-14(10-20)17-21-15-7-6-13(9-16(15)22-17)11-23(18(24)25)19(3,4)5/h6-7,9,12,14H,8,10-11H2,1-5H3,(H,21,22)(H,24,25). The number of hydrogen-bond donors (Lipinski definition) is 2. The number of nitrogens with one attached hydrogen (secondary N) is 1. The van der Waals surface area contributed by atoms with Crippen molar-refractivity contribution in [2.45, 2.75) is 59.0 Å². The van der Waals surface area contributed by atoms with Crippen LogP contribution in [-0.4, -0.2) is 37.5 Å². The normalized spacial score (nSPS) is 13.4. The second kappa shape index (κ2) is 7.65. The van der Waals surface area contributed by atoms with Gasteiger partial charge in [0.25, 0.3) is 0 Å². The molecule has 0 aliphatic carbocycles. The van der Waals surface area contributed by atoms with E-state index in [4.69, 9.17) is 11.6 Å². The minimum Gasteiger partial charge on any atom is -0.465 e. The average Bonchev–Trinajstić information content (AvgIpc) is 2.91. The van der Waals surface area contributed by atoms with Crippen molar-refractivity contribution < 1.29 is 9.90 Å². The van der Waals surface area contributed by atoms with Gasteiger partial charge in [0.05, 0.1) is 11.0 Å². The van der Waals surface area contributed by atoms with Gasteiger partial charge in [0.2, 0.25) is 0 Å². The minimum absolute atomic E-state index is 0.197. The summed E-state index contributed by atoms with van der Waals surface area (Å²) in [7, 11) is 0. The lowest BCUT2D eigenvalue weighted by molar-refractivity contribution is 0.0956. The molecule has 2 aromatic rings. The van der Waals surface area contributed by atoms with E-state index >= 15 is 0 Å². The van der Waals surface area contributed by atoms with Gasteiger partial charge in [-0.25, -0.2) is 9.78 Å². The number of H-pyrrole nitrogens is 1. The highest BCUT2D eigenvalue weighted by molar-refractivity contribution is 6.18. The molecule has 0 aliphatic heterocycles. The predicted octanol–water partition coefficient (Wildman–Crippen LogP) is 5.21. The fraction of sp³-hybridized carbons (Fsp3) is 0.579. The molecule has 0 radical (unpaired) electrons. The van der Waals surface area contributed by atoms with Crippen LogP contribution in [0.3, 0.4) is 0 Å². The molecule has 0 spiro atoms. The lowest BCUT2D eigenvalue weighted by atomic mass is 9.98. The summed E-state index contributed by atoms with van der Waals surface area (Å²) < 4.78 is 0. The maximum Gasteiger partial charge on any atom is 0.408 e. The molecular formula is C19H28ClN3O2. The van der Waals surface area contributed by atoms with Gasteiger partial charge in [-0.2, -0.15) is 0 Å². The number of alkyl halides is 1. The van der Waals surface area contributed by atoms with Crippen LogP contribution >= 0.6 is 11.6 Å². The van der Waals surface area contributed by atoms with Crippen LogP contribution < -0.4 is 0 Å². The van der Waals surface area contributed by atoms with Gasteiger partial charge < -0.3 is 10.1 Å². The number of hydrogen-bond acceptors (Lipinski definition) is 2. The van der Waals surface area contributed by atoms with E-state index in [0.717, 1.165) is 28.8 Å². The van der Waals surface area contributed by atoms with E-state index in [1.807, 2.05) is 39.0 Å². The molecule has 1 heterocycles. The molecule has 5 nitrogen and oxygen atoms in total. The molecule has 1 unspecified atom stereocenters. The molecule has 6 heteroatoms. The van der Waals surface area contributed by atoms with E-state index in [9.17, 15) is 9.90 Å². The first-order valence-electron chi connectivity index (χ1n) is 8.67. The van der Waals surface area contributed by atoms with Crippen LogP contribution in [-0.2, 0) is 6.54 Å². The number of aromatic amines is 1. The van der Waals surface area contributed by atoms with Gasteiger partial charge >= 0.3 is 6.09 Å². The third-order valence-corrected chi connectivity index (χ3v) is 4.65. The van der Waals surface area contributed by atoms with Gasteiger partial charge in [-0.15, -0.1) is 11.6 Å². The number of fused-ring (bicyclic) bond motifs is 1. The summed E-state index contributed by atoms with van der Waals surface area (Å²) in [6, 6.07) is 5.86. The molecule has 0 bridgehead atoms. The summed E-state index contributed by atoms with van der Waals surface area (Å²) in [4.78, 5) is 21.0. The molecular weight excluding hydrogens is 338 g/mol. The van der Waals surface area contributed by atoms with Gasteiger partial charge in [0.1, 0.15) is 5.82 Å². The second-order valence-corrected chi connectivity index (χ2v) is 8.30. The molecule has 1 amide bonds. The molecule has 0 aliphatic rings. The maximum absolute atomic E-state index is 11.5. The first-order chi connectivity index (χ1) is 11.6. The highest BCUT2D eigenvalue weighted by Gasteiger charge is 2.26. The average molecular weight is 366 g/mol. The second-order valence-electron chi connectivity index (χ2n) is 7.99. The molecule has 25 heavy (non-hydrogen) atoms. The van der Waals surface area contributed by atoms with Crippen LogP contribution in [0.4, 0.5) is 4.79 Å². The monoisotopic (exact) mass is 365 g/mol. The molecule has 0 saturated heterocycles. The number of amides is 1. The zero-order chi connectivity index (χ0) is 18.8. The molecule has 1 aromatic heterocycles. The van der Waals surface area contributed by atoms with Crippen LogP contribution in [0, 0.1) is 5.92 Å². The number of benzene rings is 1. The number of nitrogens with zero attached hydrogens (tertiary/aromatic N) is 2. The van der Waals surface area contributed by atoms with Crippen LogP contribution in [0.1, 0.15) is 58.3 Å². The van der Waals surface area contributed by atoms with Gasteiger partial charge in [0.15, 0.2) is 0 Å². The topological polar surface area (TPSA) is 69.2 Å². The highest BCUT2D eigenvalue weighted by Crippen LogP contribution is 2.26. The van der Waals surface area contributed by atoms with Crippen molar-refractivity contribution in [1.29, 1.82) is 0 Å². The zero-order valence-electron chi connectivity index (χ0n) is 15.6. The number of carboxylic acid groups (broad SMARTS) is 1. The first-order valence-corrected chi connectivity index (χ1v) is 9.20. The van der Waals surface area contributed by atoms with Crippen molar-refractivity contribution in [3.8, 4) is 0 Å². The van der Waals surface area contributed by atoms with Crippen molar-refractivity contribution in [3.63, 3.8) is 0 Å². The number of rotatable bonds is 6. The quantitative estimate of drug-likeness (QED) is 0.690. The fourth-order valence-electron chi connectivity index (χ4n) is 2.96. The van der Waals surface area contributed by atoms with Gasteiger partial charge in [0, 0.05) is 23.9 Å². The van der Waals surface area contributed by atoms with Crippen molar-refractivity contribution in [2.75, 3.05) is 5.88 Å². The molecule has 1 aromatic carbocycles. The Morgan fingerprint density at radius 2 is 2.04 bits per heavy atom. The summed E-state index contributed by atoms with van der Waals surface area (Å²) in [6.07, 6.45) is 0.0597. The third-order valence-electron chi connectivity index (χ3n) is 4.27. The molecule has 0 fully saturated rings. The number of imidazole rings is 1. The van der Waals surface area contributed by atoms with E-state index in [2.05, 4.69) is 23.8 Å². The summed E-state index contributed by atoms with van der Waals surface area (Å²) >= 11 is 6.13. The predicted molar refractivity (Wildman–Crippen MR) is 102 cm³/mol. The van der Waals surface area contributed by atoms with Crippen LogP contribution in [0.5, 0.6) is 0 Å². The molecule has 138 valence electrons. The van der Waals surface area contributed by atoms with E-state index in [-0.39, 0.29) is 5.92 Å². The number of halogens is 1. The van der Waals surface area contributed by atoms with Crippen molar-refractivity contribution in [3.05, 3.63) is 29.6 Å². The Kier molecular flexibility index (Phi) is 5.99. The smallest absolute Gasteiger partial charge is 0.408 e. The molecule has 2 rings (SSSR count). The van der Waals surface area contributed by atoms with Gasteiger partial charge in [-0.1, -0.05) is 19.9 Å². The summed E-state index contributed by atoms with van der Waals surface area (Å²) in [5.74, 6) is 2.18. The Labute approximate surface area is 154 Å². The van der Waals surface area contributed by atoms with Crippen LogP contribution in [0.25, 0.3) is 11.0 Å². The summed E-state index contributed by atoms with van der Waals surface area (Å²) in [5, 5.41) is 9.47. The molecule has 1 atom stereocenters. The van der Waals surface area contributed by atoms with Crippen molar-refractivity contribution in [1.82, 2.24) is 14.9 Å². The maximum atomic E-state index is 11.5. The third kappa shape index (κ3) is 4.88.